The van der Waals surface area contributed by atoms with Crippen LogP contribution in [-0.2, 0) is 0 Å². The van der Waals surface area contributed by atoms with Gasteiger partial charge in [0.05, 0.1) is 0 Å². The summed E-state index contributed by atoms with van der Waals surface area (Å²) in [4.78, 5) is 20.6. The summed E-state index contributed by atoms with van der Waals surface area (Å²) in [5.41, 5.74) is 2.11. The Morgan fingerprint density at radius 1 is 1.35 bits per heavy atom. The third kappa shape index (κ3) is 3.06. The number of amidine groups is 1. The average molecular weight is 296 g/mol. The van der Waals surface area contributed by atoms with Crippen LogP contribution in [0.2, 0.25) is 0 Å². The van der Waals surface area contributed by atoms with Crippen molar-refractivity contribution in [2.45, 2.75) is 40.5 Å². The van der Waals surface area contributed by atoms with E-state index in [0.29, 0.717) is 11.7 Å². The second-order valence-corrected chi connectivity index (χ2v) is 7.00. The third-order valence-corrected chi connectivity index (χ3v) is 3.67. The minimum absolute atomic E-state index is 0.0229. The fraction of sp³-hybridized carbons (Fsp3) is 0.600. The number of carbonyl (C=O) groups excluding carboxylic acids is 1. The zero-order chi connectivity index (χ0) is 15.1. The summed E-state index contributed by atoms with van der Waals surface area (Å²) in [5, 5.41) is 0.437. The Morgan fingerprint density at radius 3 is 2.60 bits per heavy atom. The first-order valence-corrected chi connectivity index (χ1v) is 7.26. The van der Waals surface area contributed by atoms with Crippen LogP contribution < -0.4 is 0 Å². The lowest BCUT2D eigenvalue weighted by Gasteiger charge is -2.32. The first-order chi connectivity index (χ1) is 9.19. The summed E-state index contributed by atoms with van der Waals surface area (Å²) in [5.74, 6) is 0.734. The molecule has 0 aromatic heterocycles. The molecule has 0 aromatic carbocycles. The maximum Gasteiger partial charge on any atom is 0.329 e. The lowest BCUT2D eigenvalue weighted by molar-refractivity contribution is 0.176. The number of rotatable bonds is 1. The summed E-state index contributed by atoms with van der Waals surface area (Å²) >= 11 is 6.13. The molecule has 1 fully saturated rings. The van der Waals surface area contributed by atoms with Gasteiger partial charge in [0.15, 0.2) is 0 Å². The summed E-state index contributed by atoms with van der Waals surface area (Å²) in [6, 6.07) is -0.0229. The van der Waals surface area contributed by atoms with Crippen molar-refractivity contribution in [3.05, 3.63) is 22.5 Å². The van der Waals surface area contributed by atoms with Gasteiger partial charge in [-0.15, -0.1) is 0 Å². The minimum atomic E-state index is -0.0229. The Hall–Kier alpha value is -1.29. The Labute approximate surface area is 125 Å². The monoisotopic (exact) mass is 295 g/mol. The average Bonchev–Trinajstić information content (AvgIpc) is 2.38. The van der Waals surface area contributed by atoms with Gasteiger partial charge in [-0.05, 0) is 30.4 Å². The van der Waals surface area contributed by atoms with Crippen LogP contribution in [0.3, 0.4) is 0 Å². The standard InChI is InChI=1S/C15H22ClN3O/c1-10-8-12(16)17-13-7-6-11(10)19(9-15(2,3)4)14(20)18(13)5/h8H,6-7,9H2,1-5H3. The SMILES string of the molecule is CC1=C2CCC(=NC(Cl)=C1)N(C)C(=O)N2CC(C)(C)C. The fourth-order valence-corrected chi connectivity index (χ4v) is 2.80. The topological polar surface area (TPSA) is 35.9 Å². The third-order valence-electron chi connectivity index (χ3n) is 3.48. The lowest BCUT2D eigenvalue weighted by Crippen LogP contribution is -2.44. The molecule has 2 amide bonds. The van der Waals surface area contributed by atoms with Gasteiger partial charge in [0, 0.05) is 25.7 Å². The van der Waals surface area contributed by atoms with Gasteiger partial charge in [0.25, 0.3) is 0 Å². The molecular weight excluding hydrogens is 274 g/mol. The molecule has 1 saturated heterocycles. The van der Waals surface area contributed by atoms with Crippen LogP contribution in [0.5, 0.6) is 0 Å². The summed E-state index contributed by atoms with van der Waals surface area (Å²) in [6.07, 6.45) is 3.40. The second-order valence-electron chi connectivity index (χ2n) is 6.61. The molecule has 2 aliphatic rings. The predicted octanol–water partition coefficient (Wildman–Crippen LogP) is 3.95. The van der Waals surface area contributed by atoms with Crippen molar-refractivity contribution in [2.75, 3.05) is 13.6 Å². The van der Waals surface area contributed by atoms with E-state index in [2.05, 4.69) is 25.8 Å². The van der Waals surface area contributed by atoms with Gasteiger partial charge < -0.3 is 0 Å². The first kappa shape index (κ1) is 15.1. The van der Waals surface area contributed by atoms with Crippen molar-refractivity contribution >= 4 is 23.5 Å². The van der Waals surface area contributed by atoms with E-state index in [-0.39, 0.29) is 11.4 Å². The largest absolute Gasteiger partial charge is 0.329 e. The number of hydrogen-bond acceptors (Lipinski definition) is 2. The number of carbonyl (C=O) groups is 1. The maximum absolute atomic E-state index is 12.7. The van der Waals surface area contributed by atoms with Crippen LogP contribution in [0.15, 0.2) is 27.5 Å². The molecule has 2 heterocycles. The molecule has 0 radical (unpaired) electrons. The molecule has 0 atom stereocenters. The molecule has 0 aliphatic carbocycles. The molecule has 2 bridgehead atoms. The van der Waals surface area contributed by atoms with Crippen LogP contribution in [0.1, 0.15) is 40.5 Å². The molecule has 0 spiro atoms. The number of allylic oxidation sites excluding steroid dienone is 3. The van der Waals surface area contributed by atoms with Crippen molar-refractivity contribution in [1.29, 1.82) is 0 Å². The van der Waals surface area contributed by atoms with Gasteiger partial charge in [-0.2, -0.15) is 0 Å². The molecule has 2 rings (SSSR count). The smallest absolute Gasteiger partial charge is 0.297 e. The summed E-state index contributed by atoms with van der Waals surface area (Å²) in [7, 11) is 1.77. The van der Waals surface area contributed by atoms with E-state index in [1.54, 1.807) is 11.9 Å². The molecule has 0 saturated carbocycles. The van der Waals surface area contributed by atoms with Crippen molar-refractivity contribution in [3.8, 4) is 0 Å². The Kier molecular flexibility index (Phi) is 3.96. The fourth-order valence-electron chi connectivity index (χ4n) is 2.54. The highest BCUT2D eigenvalue weighted by Gasteiger charge is 2.33. The van der Waals surface area contributed by atoms with Crippen LogP contribution >= 0.6 is 11.6 Å². The van der Waals surface area contributed by atoms with Crippen LogP contribution in [0.25, 0.3) is 0 Å². The number of hydrogen-bond donors (Lipinski definition) is 0. The van der Waals surface area contributed by atoms with Crippen LogP contribution in [0, 0.1) is 5.41 Å². The van der Waals surface area contributed by atoms with Crippen molar-refractivity contribution in [1.82, 2.24) is 9.80 Å². The molecule has 110 valence electrons. The van der Waals surface area contributed by atoms with E-state index in [4.69, 9.17) is 11.6 Å². The van der Waals surface area contributed by atoms with Gasteiger partial charge in [-0.25, -0.2) is 9.79 Å². The number of urea groups is 1. The van der Waals surface area contributed by atoms with Gasteiger partial charge in [0.2, 0.25) is 0 Å². The molecule has 5 heteroatoms. The maximum atomic E-state index is 12.7. The predicted molar refractivity (Wildman–Crippen MR) is 82.6 cm³/mol. The second kappa shape index (κ2) is 5.24. The quantitative estimate of drug-likeness (QED) is 0.675. The van der Waals surface area contributed by atoms with Crippen molar-refractivity contribution in [2.24, 2.45) is 10.4 Å². The van der Waals surface area contributed by atoms with E-state index in [1.165, 1.54) is 0 Å². The summed E-state index contributed by atoms with van der Waals surface area (Å²) in [6.45, 7) is 9.08. The van der Waals surface area contributed by atoms with Crippen LogP contribution in [0.4, 0.5) is 4.79 Å². The van der Waals surface area contributed by atoms with E-state index in [0.717, 1.165) is 29.9 Å². The first-order valence-electron chi connectivity index (χ1n) is 6.89. The summed E-state index contributed by atoms with van der Waals surface area (Å²) < 4.78 is 0. The lowest BCUT2D eigenvalue weighted by atomic mass is 9.95. The molecule has 2 aliphatic heterocycles. The molecular formula is C15H22ClN3O. The van der Waals surface area contributed by atoms with E-state index in [1.807, 2.05) is 17.9 Å². The van der Waals surface area contributed by atoms with Crippen molar-refractivity contribution in [3.63, 3.8) is 0 Å². The number of halogens is 1. The van der Waals surface area contributed by atoms with Gasteiger partial charge >= 0.3 is 6.03 Å². The van der Waals surface area contributed by atoms with E-state index < -0.39 is 0 Å². The highest BCUT2D eigenvalue weighted by atomic mass is 35.5. The van der Waals surface area contributed by atoms with Crippen LogP contribution in [-0.4, -0.2) is 35.3 Å². The van der Waals surface area contributed by atoms with Crippen molar-refractivity contribution < 1.29 is 4.79 Å². The Morgan fingerprint density at radius 2 is 2.00 bits per heavy atom. The van der Waals surface area contributed by atoms with Gasteiger partial charge in [0.1, 0.15) is 11.0 Å². The normalized spacial score (nSPS) is 20.6. The molecule has 0 N–H and O–H groups in total. The van der Waals surface area contributed by atoms with Gasteiger partial charge in [-0.3, -0.25) is 9.80 Å². The minimum Gasteiger partial charge on any atom is -0.297 e. The molecule has 20 heavy (non-hydrogen) atoms. The number of nitrogens with zero attached hydrogens (tertiary/aromatic N) is 3. The molecule has 4 nitrogen and oxygen atoms in total. The number of amides is 2. The highest BCUT2D eigenvalue weighted by molar-refractivity contribution is 6.30. The van der Waals surface area contributed by atoms with E-state index in [9.17, 15) is 4.79 Å². The Bertz CT molecular complexity index is 526. The number of fused-ring (bicyclic) bond motifs is 3. The molecule has 0 aromatic rings. The zero-order valence-electron chi connectivity index (χ0n) is 12.8. The number of aliphatic imine (C=N–C) groups is 1. The van der Waals surface area contributed by atoms with Gasteiger partial charge in [-0.1, -0.05) is 32.4 Å². The van der Waals surface area contributed by atoms with E-state index >= 15 is 0 Å². The highest BCUT2D eigenvalue weighted by Crippen LogP contribution is 2.30. The Balaban J connectivity index is 2.54. The molecule has 0 unspecified atom stereocenters. The zero-order valence-corrected chi connectivity index (χ0v) is 13.6.